The number of methoxy groups -OCH3 is 1. The van der Waals surface area contributed by atoms with Crippen LogP contribution in [0.4, 0.5) is 0 Å². The molecule has 1 fully saturated rings. The Morgan fingerprint density at radius 3 is 2.95 bits per heavy atom. The summed E-state index contributed by atoms with van der Waals surface area (Å²) < 4.78 is 5.13. The number of rotatable bonds is 5. The lowest BCUT2D eigenvalue weighted by Gasteiger charge is -2.28. The molecule has 1 aliphatic rings. The first-order valence-corrected chi connectivity index (χ1v) is 7.06. The van der Waals surface area contributed by atoms with E-state index in [4.69, 9.17) is 4.74 Å². The maximum absolute atomic E-state index is 12.7. The highest BCUT2D eigenvalue weighted by atomic mass is 16.5. The van der Waals surface area contributed by atoms with Gasteiger partial charge in [-0.2, -0.15) is 0 Å². The van der Waals surface area contributed by atoms with Gasteiger partial charge >= 0.3 is 0 Å². The largest absolute Gasteiger partial charge is 0.507 e. The lowest BCUT2D eigenvalue weighted by Crippen LogP contribution is -2.42. The van der Waals surface area contributed by atoms with Gasteiger partial charge in [-0.05, 0) is 37.6 Å². The second-order valence-corrected chi connectivity index (χ2v) is 5.03. The molecule has 20 heavy (non-hydrogen) atoms. The van der Waals surface area contributed by atoms with Crippen LogP contribution in [0, 0.1) is 0 Å². The summed E-state index contributed by atoms with van der Waals surface area (Å²) in [7, 11) is 1.55. The van der Waals surface area contributed by atoms with Gasteiger partial charge in [0.15, 0.2) is 0 Å². The zero-order valence-corrected chi connectivity index (χ0v) is 12.1. The van der Waals surface area contributed by atoms with Crippen LogP contribution in [0.1, 0.15) is 30.1 Å². The summed E-state index contributed by atoms with van der Waals surface area (Å²) in [5, 5.41) is 13.2. The number of nitrogens with one attached hydrogen (secondary N) is 1. The number of amides is 1. The van der Waals surface area contributed by atoms with Crippen molar-refractivity contribution in [1.29, 1.82) is 0 Å². The molecule has 0 aromatic heterocycles. The molecule has 1 aromatic carbocycles. The highest BCUT2D eigenvalue weighted by Crippen LogP contribution is 2.25. The van der Waals surface area contributed by atoms with E-state index in [1.54, 1.807) is 19.2 Å². The normalized spacial score (nSPS) is 18.0. The molecule has 1 heterocycles. The van der Waals surface area contributed by atoms with Gasteiger partial charge in [-0.1, -0.05) is 6.92 Å². The number of carbonyl (C=O) groups excluding carboxylic acids is 1. The van der Waals surface area contributed by atoms with Crippen molar-refractivity contribution in [3.63, 3.8) is 0 Å². The predicted molar refractivity (Wildman–Crippen MR) is 77.3 cm³/mol. The van der Waals surface area contributed by atoms with Crippen molar-refractivity contribution >= 4 is 5.91 Å². The van der Waals surface area contributed by atoms with E-state index in [2.05, 4.69) is 5.32 Å². The van der Waals surface area contributed by atoms with Crippen molar-refractivity contribution in [2.75, 3.05) is 26.7 Å². The van der Waals surface area contributed by atoms with Crippen LogP contribution in [0.3, 0.4) is 0 Å². The Bertz CT molecular complexity index is 470. The van der Waals surface area contributed by atoms with Gasteiger partial charge in [0.1, 0.15) is 11.5 Å². The van der Waals surface area contributed by atoms with Crippen LogP contribution in [-0.2, 0) is 0 Å². The first-order valence-electron chi connectivity index (χ1n) is 7.06. The molecule has 0 aliphatic carbocycles. The molecule has 0 saturated carbocycles. The molecule has 0 spiro atoms. The van der Waals surface area contributed by atoms with Crippen LogP contribution in [0.2, 0.25) is 0 Å². The van der Waals surface area contributed by atoms with Crippen molar-refractivity contribution in [1.82, 2.24) is 10.2 Å². The quantitative estimate of drug-likeness (QED) is 0.859. The molecule has 1 amide bonds. The Morgan fingerprint density at radius 2 is 2.35 bits per heavy atom. The highest BCUT2D eigenvalue weighted by molar-refractivity contribution is 5.97. The van der Waals surface area contributed by atoms with E-state index in [0.717, 1.165) is 25.9 Å². The molecule has 1 aliphatic heterocycles. The molecule has 110 valence electrons. The monoisotopic (exact) mass is 278 g/mol. The lowest BCUT2D eigenvalue weighted by atomic mass is 10.1. The summed E-state index contributed by atoms with van der Waals surface area (Å²) in [5.41, 5.74) is 0.310. The Labute approximate surface area is 119 Å². The van der Waals surface area contributed by atoms with Crippen molar-refractivity contribution < 1.29 is 14.6 Å². The van der Waals surface area contributed by atoms with Crippen molar-refractivity contribution in [3.8, 4) is 11.5 Å². The van der Waals surface area contributed by atoms with Crippen LogP contribution >= 0.6 is 0 Å². The first-order chi connectivity index (χ1) is 9.67. The van der Waals surface area contributed by atoms with Gasteiger partial charge < -0.3 is 20.1 Å². The number of benzene rings is 1. The zero-order valence-electron chi connectivity index (χ0n) is 12.1. The van der Waals surface area contributed by atoms with Crippen molar-refractivity contribution in [3.05, 3.63) is 23.8 Å². The molecular weight excluding hydrogens is 256 g/mol. The fourth-order valence-electron chi connectivity index (χ4n) is 2.56. The summed E-state index contributed by atoms with van der Waals surface area (Å²) in [6, 6.07) is 4.95. The Hall–Kier alpha value is -1.75. The number of phenolic OH excluding ortho intramolecular Hbond substituents is 1. The second kappa shape index (κ2) is 6.61. The molecule has 5 heteroatoms. The lowest BCUT2D eigenvalue weighted by molar-refractivity contribution is 0.0689. The second-order valence-electron chi connectivity index (χ2n) is 5.03. The van der Waals surface area contributed by atoms with Gasteiger partial charge in [-0.3, -0.25) is 4.79 Å². The molecule has 1 atom stereocenters. The number of phenols is 1. The summed E-state index contributed by atoms with van der Waals surface area (Å²) in [6.45, 7) is 4.49. The number of carbonyl (C=O) groups is 1. The number of hydrogen-bond donors (Lipinski definition) is 2. The SMILES string of the molecule is CCCN(C(=O)c1cc(OC)ccc1O)C1CCNC1. The molecule has 1 aromatic rings. The molecule has 0 bridgehead atoms. The fraction of sp³-hybridized carbons (Fsp3) is 0.533. The Kier molecular flexibility index (Phi) is 4.84. The van der Waals surface area contributed by atoms with Crippen LogP contribution in [0.5, 0.6) is 11.5 Å². The summed E-state index contributed by atoms with van der Waals surface area (Å²) >= 11 is 0. The average molecular weight is 278 g/mol. The fourth-order valence-corrected chi connectivity index (χ4v) is 2.56. The molecule has 2 rings (SSSR count). The van der Waals surface area contributed by atoms with E-state index in [1.165, 1.54) is 6.07 Å². The molecule has 1 unspecified atom stereocenters. The first kappa shape index (κ1) is 14.7. The Balaban J connectivity index is 2.26. The summed E-state index contributed by atoms with van der Waals surface area (Å²) in [4.78, 5) is 14.5. The molecule has 1 saturated heterocycles. The van der Waals surface area contributed by atoms with Gasteiger partial charge in [-0.25, -0.2) is 0 Å². The molecule has 2 N–H and O–H groups in total. The van der Waals surface area contributed by atoms with Gasteiger partial charge in [-0.15, -0.1) is 0 Å². The number of hydrogen-bond acceptors (Lipinski definition) is 4. The van der Waals surface area contributed by atoms with Gasteiger partial charge in [0.05, 0.1) is 12.7 Å². The Morgan fingerprint density at radius 1 is 1.55 bits per heavy atom. The molecular formula is C15H22N2O3. The zero-order chi connectivity index (χ0) is 14.5. The van der Waals surface area contributed by atoms with E-state index < -0.39 is 0 Å². The smallest absolute Gasteiger partial charge is 0.258 e. The van der Waals surface area contributed by atoms with E-state index in [-0.39, 0.29) is 17.7 Å². The summed E-state index contributed by atoms with van der Waals surface area (Å²) in [6.07, 6.45) is 1.85. The predicted octanol–water partition coefficient (Wildman–Crippen LogP) is 1.61. The molecule has 0 radical (unpaired) electrons. The van der Waals surface area contributed by atoms with Crippen molar-refractivity contribution in [2.45, 2.75) is 25.8 Å². The van der Waals surface area contributed by atoms with E-state index in [0.29, 0.717) is 17.9 Å². The standard InChI is InChI=1S/C15H22N2O3/c1-3-8-17(11-6-7-16-10-11)15(19)13-9-12(20-2)4-5-14(13)18/h4-5,9,11,16,18H,3,6-8,10H2,1-2H3. The third-order valence-corrected chi connectivity index (χ3v) is 3.63. The molecule has 5 nitrogen and oxygen atoms in total. The van der Waals surface area contributed by atoms with Crippen LogP contribution < -0.4 is 10.1 Å². The third kappa shape index (κ3) is 3.04. The van der Waals surface area contributed by atoms with Gasteiger partial charge in [0.25, 0.3) is 5.91 Å². The maximum atomic E-state index is 12.7. The topological polar surface area (TPSA) is 61.8 Å². The third-order valence-electron chi connectivity index (χ3n) is 3.63. The van der Waals surface area contributed by atoms with E-state index >= 15 is 0 Å². The summed E-state index contributed by atoms with van der Waals surface area (Å²) in [5.74, 6) is 0.451. The van der Waals surface area contributed by atoms with Crippen LogP contribution in [0.15, 0.2) is 18.2 Å². The van der Waals surface area contributed by atoms with Gasteiger partial charge in [0, 0.05) is 19.1 Å². The minimum atomic E-state index is -0.128. The number of ether oxygens (including phenoxy) is 1. The van der Waals surface area contributed by atoms with E-state index in [9.17, 15) is 9.90 Å². The average Bonchev–Trinajstić information content (AvgIpc) is 2.98. The van der Waals surface area contributed by atoms with Gasteiger partial charge in [0.2, 0.25) is 0 Å². The number of nitrogens with zero attached hydrogens (tertiary/aromatic N) is 1. The van der Waals surface area contributed by atoms with E-state index in [1.807, 2.05) is 11.8 Å². The maximum Gasteiger partial charge on any atom is 0.258 e. The minimum absolute atomic E-state index is 0.00265. The number of aromatic hydroxyl groups is 1. The highest BCUT2D eigenvalue weighted by Gasteiger charge is 2.28. The minimum Gasteiger partial charge on any atom is -0.507 e. The van der Waals surface area contributed by atoms with Crippen LogP contribution in [-0.4, -0.2) is 48.7 Å². The van der Waals surface area contributed by atoms with Crippen molar-refractivity contribution in [2.24, 2.45) is 0 Å². The van der Waals surface area contributed by atoms with Crippen LogP contribution in [0.25, 0.3) is 0 Å².